The van der Waals surface area contributed by atoms with Crippen LogP contribution >= 0.6 is 11.3 Å². The maximum atomic E-state index is 12.1. The van der Waals surface area contributed by atoms with Crippen molar-refractivity contribution in [1.29, 1.82) is 5.26 Å². The van der Waals surface area contributed by atoms with E-state index in [1.807, 2.05) is 0 Å². The molecule has 0 aliphatic carbocycles. The van der Waals surface area contributed by atoms with Crippen LogP contribution in [0.4, 0.5) is 10.7 Å². The van der Waals surface area contributed by atoms with Crippen molar-refractivity contribution >= 4 is 27.9 Å². The summed E-state index contributed by atoms with van der Waals surface area (Å²) in [6, 6.07) is 2.10. The van der Waals surface area contributed by atoms with Crippen molar-refractivity contribution in [2.75, 3.05) is 51.8 Å². The number of nitrogens with one attached hydrogen (secondary N) is 1. The van der Waals surface area contributed by atoms with Gasteiger partial charge in [0.05, 0.1) is 5.69 Å². The average Bonchev–Trinajstić information content (AvgIpc) is 2.99. The number of amides is 1. The number of anilines is 2. The Kier molecular flexibility index (Phi) is 4.70. The van der Waals surface area contributed by atoms with Crippen LogP contribution in [0.1, 0.15) is 21.7 Å². The lowest BCUT2D eigenvalue weighted by Gasteiger charge is -2.11. The van der Waals surface area contributed by atoms with Crippen molar-refractivity contribution in [2.24, 2.45) is 5.92 Å². The highest BCUT2D eigenvalue weighted by Gasteiger charge is 2.24. The molecule has 1 aliphatic rings. The molecule has 2 rings (SSSR count). The molecular weight excluding hydrogens is 286 g/mol. The number of nitrogens with zero attached hydrogens (tertiary/aromatic N) is 3. The lowest BCUT2D eigenvalue weighted by Crippen LogP contribution is -2.21. The van der Waals surface area contributed by atoms with E-state index in [0.29, 0.717) is 21.4 Å². The zero-order valence-electron chi connectivity index (χ0n) is 12.6. The van der Waals surface area contributed by atoms with E-state index in [-0.39, 0.29) is 11.6 Å². The number of nitriles is 1. The number of likely N-dealkylation sites (tertiary alicyclic amines) is 1. The molecule has 0 aromatic carbocycles. The fourth-order valence-electron chi connectivity index (χ4n) is 2.47. The van der Waals surface area contributed by atoms with Gasteiger partial charge >= 0.3 is 0 Å². The molecule has 0 bridgehead atoms. The second-order valence-corrected chi connectivity index (χ2v) is 6.68. The Balaban J connectivity index is 2.14. The minimum absolute atomic E-state index is 0.164. The second-order valence-electron chi connectivity index (χ2n) is 5.66. The van der Waals surface area contributed by atoms with Gasteiger partial charge in [0.15, 0.2) is 0 Å². The Morgan fingerprint density at radius 3 is 2.86 bits per heavy atom. The number of hydrogen-bond donors (Lipinski definition) is 2. The summed E-state index contributed by atoms with van der Waals surface area (Å²) < 4.78 is 0. The number of nitrogens with two attached hydrogens (primary N) is 1. The molecule has 0 radical (unpaired) electrons. The quantitative estimate of drug-likeness (QED) is 0.875. The Morgan fingerprint density at radius 1 is 1.62 bits per heavy atom. The average molecular weight is 307 g/mol. The summed E-state index contributed by atoms with van der Waals surface area (Å²) in [5, 5.41) is 13.3. The molecule has 1 fully saturated rings. The molecule has 1 atom stereocenters. The molecule has 7 heteroatoms. The molecule has 1 aromatic heterocycles. The van der Waals surface area contributed by atoms with Gasteiger partial charge in [-0.15, -0.1) is 11.3 Å². The molecule has 21 heavy (non-hydrogen) atoms. The molecule has 0 saturated carbocycles. The SMILES string of the molecule is CN1CCC(CNc2sc(C(=O)N(C)C)c(N)c2C#N)C1. The molecule has 1 saturated heterocycles. The van der Waals surface area contributed by atoms with Crippen molar-refractivity contribution in [3.63, 3.8) is 0 Å². The normalized spacial score (nSPS) is 18.5. The Morgan fingerprint density at radius 2 is 2.33 bits per heavy atom. The Bertz CT molecular complexity index is 575. The fraction of sp³-hybridized carbons (Fsp3) is 0.571. The van der Waals surface area contributed by atoms with E-state index in [9.17, 15) is 10.1 Å². The highest BCUT2D eigenvalue weighted by molar-refractivity contribution is 7.18. The number of carbonyl (C=O) groups excluding carboxylic acids is 1. The summed E-state index contributed by atoms with van der Waals surface area (Å²) >= 11 is 1.27. The van der Waals surface area contributed by atoms with Crippen LogP contribution < -0.4 is 11.1 Å². The van der Waals surface area contributed by atoms with E-state index in [0.717, 1.165) is 26.1 Å². The van der Waals surface area contributed by atoms with Crippen molar-refractivity contribution in [3.8, 4) is 6.07 Å². The van der Waals surface area contributed by atoms with Crippen molar-refractivity contribution in [3.05, 3.63) is 10.4 Å². The number of nitrogen functional groups attached to an aromatic ring is 1. The molecular formula is C14H21N5OS. The topological polar surface area (TPSA) is 85.4 Å². The molecule has 6 nitrogen and oxygen atoms in total. The number of thiophene rings is 1. The third kappa shape index (κ3) is 3.28. The van der Waals surface area contributed by atoms with Crippen LogP contribution in [-0.4, -0.2) is 56.5 Å². The van der Waals surface area contributed by atoms with E-state index in [2.05, 4.69) is 23.3 Å². The van der Waals surface area contributed by atoms with E-state index < -0.39 is 0 Å². The summed E-state index contributed by atoms with van der Waals surface area (Å²) in [6.45, 7) is 2.96. The van der Waals surface area contributed by atoms with Gasteiger partial charge in [0.25, 0.3) is 5.91 Å². The van der Waals surface area contributed by atoms with Crippen LogP contribution in [0, 0.1) is 17.2 Å². The molecule has 0 spiro atoms. The van der Waals surface area contributed by atoms with Gasteiger partial charge in [0, 0.05) is 27.2 Å². The van der Waals surface area contributed by atoms with Gasteiger partial charge in [0.1, 0.15) is 21.5 Å². The molecule has 1 unspecified atom stereocenters. The third-order valence-corrected chi connectivity index (χ3v) is 4.85. The van der Waals surface area contributed by atoms with Crippen LogP contribution in [0.3, 0.4) is 0 Å². The minimum Gasteiger partial charge on any atom is -0.396 e. The smallest absolute Gasteiger partial charge is 0.265 e. The molecule has 1 aromatic rings. The third-order valence-electron chi connectivity index (χ3n) is 3.70. The first kappa shape index (κ1) is 15.6. The molecule has 114 valence electrons. The Labute approximate surface area is 129 Å². The summed E-state index contributed by atoms with van der Waals surface area (Å²) in [7, 11) is 5.46. The largest absolute Gasteiger partial charge is 0.396 e. The van der Waals surface area contributed by atoms with Gasteiger partial charge < -0.3 is 20.9 Å². The summed E-state index contributed by atoms with van der Waals surface area (Å²) in [5.74, 6) is 0.403. The first-order chi connectivity index (χ1) is 9.93. The van der Waals surface area contributed by atoms with Crippen molar-refractivity contribution in [1.82, 2.24) is 9.80 Å². The highest BCUT2D eigenvalue weighted by Crippen LogP contribution is 2.36. The van der Waals surface area contributed by atoms with Gasteiger partial charge in [-0.05, 0) is 25.9 Å². The maximum Gasteiger partial charge on any atom is 0.265 e. The van der Waals surface area contributed by atoms with Gasteiger partial charge in [-0.3, -0.25) is 4.79 Å². The Hall–Kier alpha value is -1.78. The van der Waals surface area contributed by atoms with Crippen LogP contribution in [-0.2, 0) is 0 Å². The van der Waals surface area contributed by atoms with E-state index in [1.165, 1.54) is 16.2 Å². The lowest BCUT2D eigenvalue weighted by molar-refractivity contribution is 0.0833. The number of hydrogen-bond acceptors (Lipinski definition) is 6. The first-order valence-corrected chi connectivity index (χ1v) is 7.72. The highest BCUT2D eigenvalue weighted by atomic mass is 32.1. The van der Waals surface area contributed by atoms with Gasteiger partial charge in [-0.25, -0.2) is 0 Å². The number of carbonyl (C=O) groups is 1. The number of rotatable bonds is 4. The standard InChI is InChI=1S/C14H21N5OS/c1-18(2)14(20)12-11(16)10(6-15)13(21-12)17-7-9-4-5-19(3)8-9/h9,17H,4-5,7-8,16H2,1-3H3. The molecule has 3 N–H and O–H groups in total. The summed E-state index contributed by atoms with van der Waals surface area (Å²) in [5.41, 5.74) is 6.62. The second kappa shape index (κ2) is 6.33. The van der Waals surface area contributed by atoms with Crippen LogP contribution in [0.25, 0.3) is 0 Å². The first-order valence-electron chi connectivity index (χ1n) is 6.90. The van der Waals surface area contributed by atoms with Crippen molar-refractivity contribution in [2.45, 2.75) is 6.42 Å². The van der Waals surface area contributed by atoms with Gasteiger partial charge in [-0.1, -0.05) is 0 Å². The monoisotopic (exact) mass is 307 g/mol. The zero-order chi connectivity index (χ0) is 15.6. The summed E-state index contributed by atoms with van der Waals surface area (Å²) in [4.78, 5) is 16.3. The van der Waals surface area contributed by atoms with Crippen LogP contribution in [0.2, 0.25) is 0 Å². The predicted octanol–water partition coefficient (Wildman–Crippen LogP) is 1.27. The van der Waals surface area contributed by atoms with Crippen molar-refractivity contribution < 1.29 is 4.79 Å². The molecule has 2 heterocycles. The maximum absolute atomic E-state index is 12.1. The predicted molar refractivity (Wildman–Crippen MR) is 85.6 cm³/mol. The van der Waals surface area contributed by atoms with Gasteiger partial charge in [-0.2, -0.15) is 5.26 Å². The molecule has 1 amide bonds. The lowest BCUT2D eigenvalue weighted by atomic mass is 10.1. The van der Waals surface area contributed by atoms with E-state index in [4.69, 9.17) is 5.73 Å². The fourth-order valence-corrected chi connectivity index (χ4v) is 3.57. The van der Waals surface area contributed by atoms with Crippen LogP contribution in [0.15, 0.2) is 0 Å². The summed E-state index contributed by atoms with van der Waals surface area (Å²) in [6.07, 6.45) is 1.15. The van der Waals surface area contributed by atoms with E-state index >= 15 is 0 Å². The zero-order valence-corrected chi connectivity index (χ0v) is 13.5. The van der Waals surface area contributed by atoms with Crippen LogP contribution in [0.5, 0.6) is 0 Å². The minimum atomic E-state index is -0.164. The molecule has 1 aliphatic heterocycles. The van der Waals surface area contributed by atoms with E-state index in [1.54, 1.807) is 14.1 Å². The van der Waals surface area contributed by atoms with Gasteiger partial charge in [0.2, 0.25) is 0 Å².